The van der Waals surface area contributed by atoms with Crippen molar-refractivity contribution in [2.24, 2.45) is 0 Å². The lowest BCUT2D eigenvalue weighted by atomic mass is 9.98. The van der Waals surface area contributed by atoms with Crippen molar-refractivity contribution in [2.75, 3.05) is 20.2 Å². The monoisotopic (exact) mass is 281 g/mol. The zero-order valence-electron chi connectivity index (χ0n) is 12.8. The highest BCUT2D eigenvalue weighted by molar-refractivity contribution is 5.30. The van der Waals surface area contributed by atoms with E-state index in [1.54, 1.807) is 7.11 Å². The molecule has 0 aromatic heterocycles. The Bertz CT molecular complexity index is 564. The second-order valence-corrected chi connectivity index (χ2v) is 5.84. The van der Waals surface area contributed by atoms with Crippen molar-refractivity contribution in [2.45, 2.75) is 25.3 Å². The zero-order chi connectivity index (χ0) is 14.7. The Balaban J connectivity index is 1.67. The fraction of sp³-hybridized carbons (Fsp3) is 0.368. The number of hydrogen-bond donors (Lipinski definition) is 0. The molecule has 0 radical (unpaired) electrons. The van der Waals surface area contributed by atoms with Gasteiger partial charge in [0.25, 0.3) is 0 Å². The number of likely N-dealkylation sites (tertiary alicyclic amines) is 1. The molecule has 0 bridgehead atoms. The van der Waals surface area contributed by atoms with Crippen LogP contribution in [0.5, 0.6) is 5.75 Å². The molecular formula is C19H23NO. The van der Waals surface area contributed by atoms with E-state index in [2.05, 4.69) is 66.4 Å². The molecule has 1 aliphatic rings. The third-order valence-electron chi connectivity index (χ3n) is 4.64. The van der Waals surface area contributed by atoms with Crippen molar-refractivity contribution in [3.05, 3.63) is 65.7 Å². The number of methoxy groups -OCH3 is 1. The molecule has 2 heteroatoms. The Morgan fingerprint density at radius 1 is 1.05 bits per heavy atom. The third-order valence-corrected chi connectivity index (χ3v) is 4.64. The SMILES string of the molecule is COc1ccc(C2CCN(C(C)c3ccccc3)C2)cc1. The lowest BCUT2D eigenvalue weighted by Crippen LogP contribution is -2.24. The first-order valence-corrected chi connectivity index (χ1v) is 7.71. The zero-order valence-corrected chi connectivity index (χ0v) is 12.8. The number of benzene rings is 2. The van der Waals surface area contributed by atoms with Crippen molar-refractivity contribution in [1.82, 2.24) is 4.90 Å². The molecule has 0 amide bonds. The van der Waals surface area contributed by atoms with Crippen LogP contribution in [0.1, 0.15) is 36.4 Å². The van der Waals surface area contributed by atoms with Crippen LogP contribution in [0.3, 0.4) is 0 Å². The molecule has 1 aliphatic heterocycles. The maximum Gasteiger partial charge on any atom is 0.118 e. The molecule has 21 heavy (non-hydrogen) atoms. The second-order valence-electron chi connectivity index (χ2n) is 5.84. The standard InChI is InChI=1S/C19H23NO/c1-15(16-6-4-3-5-7-16)20-13-12-18(14-20)17-8-10-19(21-2)11-9-17/h3-11,15,18H,12-14H2,1-2H3. The summed E-state index contributed by atoms with van der Waals surface area (Å²) in [7, 11) is 1.72. The van der Waals surface area contributed by atoms with Crippen molar-refractivity contribution in [1.29, 1.82) is 0 Å². The van der Waals surface area contributed by atoms with Gasteiger partial charge in [0.1, 0.15) is 5.75 Å². The van der Waals surface area contributed by atoms with E-state index in [0.717, 1.165) is 12.3 Å². The first-order chi connectivity index (χ1) is 10.3. The maximum absolute atomic E-state index is 5.24. The Labute approximate surface area is 127 Å². The van der Waals surface area contributed by atoms with Gasteiger partial charge >= 0.3 is 0 Å². The number of ether oxygens (including phenoxy) is 1. The van der Waals surface area contributed by atoms with Gasteiger partial charge in [-0.3, -0.25) is 4.90 Å². The predicted molar refractivity (Wildman–Crippen MR) is 86.8 cm³/mol. The van der Waals surface area contributed by atoms with Crippen LogP contribution in [0.4, 0.5) is 0 Å². The molecule has 1 fully saturated rings. The lowest BCUT2D eigenvalue weighted by Gasteiger charge is -2.24. The Hall–Kier alpha value is -1.80. The second kappa shape index (κ2) is 6.31. The van der Waals surface area contributed by atoms with Gasteiger partial charge < -0.3 is 4.74 Å². The summed E-state index contributed by atoms with van der Waals surface area (Å²) in [6.45, 7) is 4.63. The van der Waals surface area contributed by atoms with E-state index in [0.29, 0.717) is 12.0 Å². The Kier molecular flexibility index (Phi) is 4.26. The molecule has 2 atom stereocenters. The third kappa shape index (κ3) is 3.11. The first-order valence-electron chi connectivity index (χ1n) is 7.71. The number of rotatable bonds is 4. The molecule has 2 aromatic carbocycles. The fourth-order valence-electron chi connectivity index (χ4n) is 3.23. The van der Waals surface area contributed by atoms with Gasteiger partial charge in [-0.05, 0) is 49.1 Å². The molecule has 0 aliphatic carbocycles. The molecule has 3 rings (SSSR count). The minimum atomic E-state index is 0.495. The summed E-state index contributed by atoms with van der Waals surface area (Å²) >= 11 is 0. The summed E-state index contributed by atoms with van der Waals surface area (Å²) in [4.78, 5) is 2.59. The van der Waals surface area contributed by atoms with E-state index in [-0.39, 0.29) is 0 Å². The average Bonchev–Trinajstić information content (AvgIpc) is 3.05. The van der Waals surface area contributed by atoms with Gasteiger partial charge in [-0.25, -0.2) is 0 Å². The van der Waals surface area contributed by atoms with Crippen molar-refractivity contribution >= 4 is 0 Å². The first kappa shape index (κ1) is 14.2. The minimum absolute atomic E-state index is 0.495. The summed E-state index contributed by atoms with van der Waals surface area (Å²) < 4.78 is 5.24. The largest absolute Gasteiger partial charge is 0.497 e. The summed E-state index contributed by atoms with van der Waals surface area (Å²) in [5.41, 5.74) is 2.84. The molecule has 1 saturated heterocycles. The number of nitrogens with zero attached hydrogens (tertiary/aromatic N) is 1. The highest BCUT2D eigenvalue weighted by Crippen LogP contribution is 2.33. The van der Waals surface area contributed by atoms with Gasteiger partial charge in [0.15, 0.2) is 0 Å². The predicted octanol–water partition coefficient (Wildman–Crippen LogP) is 4.25. The van der Waals surface area contributed by atoms with Gasteiger partial charge in [0.05, 0.1) is 7.11 Å². The van der Waals surface area contributed by atoms with E-state index < -0.39 is 0 Å². The van der Waals surface area contributed by atoms with Crippen LogP contribution < -0.4 is 4.74 Å². The van der Waals surface area contributed by atoms with Gasteiger partial charge in [-0.1, -0.05) is 42.5 Å². The summed E-state index contributed by atoms with van der Waals surface area (Å²) in [5, 5.41) is 0. The smallest absolute Gasteiger partial charge is 0.118 e. The van der Waals surface area contributed by atoms with E-state index in [1.165, 1.54) is 24.1 Å². The molecule has 0 N–H and O–H groups in total. The van der Waals surface area contributed by atoms with Crippen LogP contribution in [0.2, 0.25) is 0 Å². The molecule has 110 valence electrons. The molecule has 2 aromatic rings. The summed E-state index contributed by atoms with van der Waals surface area (Å²) in [6.07, 6.45) is 1.24. The van der Waals surface area contributed by atoms with Crippen molar-refractivity contribution < 1.29 is 4.74 Å². The van der Waals surface area contributed by atoms with Crippen LogP contribution in [0.15, 0.2) is 54.6 Å². The molecule has 0 spiro atoms. The lowest BCUT2D eigenvalue weighted by molar-refractivity contribution is 0.260. The van der Waals surface area contributed by atoms with Gasteiger partial charge in [-0.2, -0.15) is 0 Å². The molecule has 1 heterocycles. The number of hydrogen-bond acceptors (Lipinski definition) is 2. The van der Waals surface area contributed by atoms with Gasteiger partial charge in [-0.15, -0.1) is 0 Å². The van der Waals surface area contributed by atoms with Crippen LogP contribution in [0.25, 0.3) is 0 Å². The quantitative estimate of drug-likeness (QED) is 0.831. The average molecular weight is 281 g/mol. The van der Waals surface area contributed by atoms with E-state index in [4.69, 9.17) is 4.74 Å². The van der Waals surface area contributed by atoms with Crippen molar-refractivity contribution in [3.8, 4) is 5.75 Å². The topological polar surface area (TPSA) is 12.5 Å². The summed E-state index contributed by atoms with van der Waals surface area (Å²) in [6, 6.07) is 19.8. The van der Waals surface area contributed by atoms with Crippen LogP contribution in [-0.4, -0.2) is 25.1 Å². The molecule has 2 unspecified atom stereocenters. The highest BCUT2D eigenvalue weighted by Gasteiger charge is 2.27. The van der Waals surface area contributed by atoms with Crippen LogP contribution >= 0.6 is 0 Å². The fourth-order valence-corrected chi connectivity index (χ4v) is 3.23. The minimum Gasteiger partial charge on any atom is -0.497 e. The van der Waals surface area contributed by atoms with E-state index in [9.17, 15) is 0 Å². The highest BCUT2D eigenvalue weighted by atomic mass is 16.5. The van der Waals surface area contributed by atoms with E-state index >= 15 is 0 Å². The van der Waals surface area contributed by atoms with Gasteiger partial charge in [0.2, 0.25) is 0 Å². The van der Waals surface area contributed by atoms with Crippen molar-refractivity contribution in [3.63, 3.8) is 0 Å². The van der Waals surface area contributed by atoms with Crippen LogP contribution in [0, 0.1) is 0 Å². The Morgan fingerprint density at radius 3 is 2.43 bits per heavy atom. The van der Waals surface area contributed by atoms with Gasteiger partial charge in [0, 0.05) is 12.6 Å². The van der Waals surface area contributed by atoms with Crippen LogP contribution in [-0.2, 0) is 0 Å². The molecule has 2 nitrogen and oxygen atoms in total. The molecular weight excluding hydrogens is 258 g/mol. The van der Waals surface area contributed by atoms with E-state index in [1.807, 2.05) is 0 Å². The normalized spacial score (nSPS) is 20.4. The maximum atomic E-state index is 5.24. The Morgan fingerprint density at radius 2 is 1.76 bits per heavy atom. The molecule has 0 saturated carbocycles. The summed E-state index contributed by atoms with van der Waals surface area (Å²) in [5.74, 6) is 1.58.